The van der Waals surface area contributed by atoms with E-state index in [1.807, 2.05) is 0 Å². The van der Waals surface area contributed by atoms with E-state index < -0.39 is 11.8 Å². The van der Waals surface area contributed by atoms with Crippen LogP contribution in [0.1, 0.15) is 24.0 Å². The molecule has 0 amide bonds. The third-order valence-electron chi connectivity index (χ3n) is 2.08. The van der Waals surface area contributed by atoms with Crippen molar-refractivity contribution in [3.8, 4) is 11.8 Å². The number of rotatable bonds is 4. The van der Waals surface area contributed by atoms with Gasteiger partial charge in [0.05, 0.1) is 6.42 Å². The predicted molar refractivity (Wildman–Crippen MR) is 59.9 cm³/mol. The lowest BCUT2D eigenvalue weighted by atomic mass is 10.1. The normalized spacial score (nSPS) is 9.24. The molecular weight excluding hydrogens is 223 g/mol. The molecule has 0 unspecified atom stereocenters. The average Bonchev–Trinajstić information content (AvgIpc) is 2.28. The molecule has 0 radical (unpaired) electrons. The number of aldehydes is 1. The highest BCUT2D eigenvalue weighted by atomic mass is 19.1. The molecular formula is C13H11FO3. The quantitative estimate of drug-likeness (QED) is 0.638. The zero-order valence-corrected chi connectivity index (χ0v) is 9.07. The topological polar surface area (TPSA) is 54.4 Å². The molecule has 4 heteroatoms. The maximum Gasteiger partial charge on any atom is 0.303 e. The van der Waals surface area contributed by atoms with Crippen molar-refractivity contribution >= 4 is 12.3 Å². The van der Waals surface area contributed by atoms with Crippen LogP contribution in [0.4, 0.5) is 4.39 Å². The minimum absolute atomic E-state index is 0.104. The monoisotopic (exact) mass is 234 g/mol. The lowest BCUT2D eigenvalue weighted by Crippen LogP contribution is -1.99. The number of benzene rings is 1. The van der Waals surface area contributed by atoms with Crippen LogP contribution >= 0.6 is 0 Å². The fraction of sp³-hybridized carbons (Fsp3) is 0.231. The third-order valence-corrected chi connectivity index (χ3v) is 2.08. The second-order valence-electron chi connectivity index (χ2n) is 3.37. The lowest BCUT2D eigenvalue weighted by Gasteiger charge is -2.01. The highest BCUT2D eigenvalue weighted by molar-refractivity contribution is 5.67. The van der Waals surface area contributed by atoms with Crippen LogP contribution in [0, 0.1) is 17.7 Å². The molecule has 3 nitrogen and oxygen atoms in total. The van der Waals surface area contributed by atoms with Crippen LogP contribution in [0.15, 0.2) is 18.2 Å². The molecule has 1 aromatic carbocycles. The van der Waals surface area contributed by atoms with Crippen molar-refractivity contribution in [1.29, 1.82) is 0 Å². The van der Waals surface area contributed by atoms with E-state index in [9.17, 15) is 14.0 Å². The fourth-order valence-electron chi connectivity index (χ4n) is 1.26. The van der Waals surface area contributed by atoms with Gasteiger partial charge in [0.1, 0.15) is 12.1 Å². The van der Waals surface area contributed by atoms with E-state index >= 15 is 0 Å². The predicted octanol–water partition coefficient (Wildman–Crippen LogP) is 1.78. The number of hydrogen-bond donors (Lipinski definition) is 1. The lowest BCUT2D eigenvalue weighted by molar-refractivity contribution is -0.137. The maximum atomic E-state index is 13.5. The fourth-order valence-corrected chi connectivity index (χ4v) is 1.26. The van der Waals surface area contributed by atoms with Gasteiger partial charge in [0.15, 0.2) is 0 Å². The van der Waals surface area contributed by atoms with Crippen LogP contribution in [0.5, 0.6) is 0 Å². The zero-order valence-electron chi connectivity index (χ0n) is 9.07. The number of carbonyl (C=O) groups excluding carboxylic acids is 1. The summed E-state index contributed by atoms with van der Waals surface area (Å²) in [7, 11) is 0. The van der Waals surface area contributed by atoms with Gasteiger partial charge in [-0.1, -0.05) is 17.9 Å². The Bertz CT molecular complexity index is 483. The highest BCUT2D eigenvalue weighted by Gasteiger charge is 2.05. The Kier molecular flexibility index (Phi) is 4.89. The van der Waals surface area contributed by atoms with Crippen molar-refractivity contribution in [3.63, 3.8) is 0 Å². The summed E-state index contributed by atoms with van der Waals surface area (Å²) in [5.74, 6) is 3.78. The number of carbonyl (C=O) groups is 2. The maximum absolute atomic E-state index is 13.5. The van der Waals surface area contributed by atoms with Crippen molar-refractivity contribution in [2.75, 3.05) is 0 Å². The second-order valence-corrected chi connectivity index (χ2v) is 3.37. The summed E-state index contributed by atoms with van der Waals surface area (Å²) < 4.78 is 13.5. The average molecular weight is 234 g/mol. The first-order valence-electron chi connectivity index (χ1n) is 5.06. The molecule has 0 aliphatic heterocycles. The molecule has 0 bridgehead atoms. The molecule has 1 N–H and O–H groups in total. The van der Waals surface area contributed by atoms with E-state index in [4.69, 9.17) is 5.11 Å². The minimum atomic E-state index is -0.959. The molecule has 0 aliphatic carbocycles. The van der Waals surface area contributed by atoms with Gasteiger partial charge in [-0.25, -0.2) is 4.39 Å². The molecule has 0 aliphatic rings. The first-order chi connectivity index (χ1) is 8.13. The molecule has 0 spiro atoms. The summed E-state index contributed by atoms with van der Waals surface area (Å²) in [4.78, 5) is 20.4. The van der Waals surface area contributed by atoms with E-state index in [1.165, 1.54) is 12.1 Å². The van der Waals surface area contributed by atoms with Gasteiger partial charge in [-0.05, 0) is 24.1 Å². The number of aliphatic carboxylic acids is 1. The van der Waals surface area contributed by atoms with Crippen molar-refractivity contribution in [1.82, 2.24) is 0 Å². The third kappa shape index (κ3) is 4.47. The molecule has 17 heavy (non-hydrogen) atoms. The van der Waals surface area contributed by atoms with Gasteiger partial charge < -0.3 is 9.90 Å². The molecule has 1 rings (SSSR count). The van der Waals surface area contributed by atoms with Crippen LogP contribution in [0.3, 0.4) is 0 Å². The highest BCUT2D eigenvalue weighted by Crippen LogP contribution is 2.12. The van der Waals surface area contributed by atoms with Gasteiger partial charge in [0.25, 0.3) is 0 Å². The number of carboxylic acid groups (broad SMARTS) is 1. The van der Waals surface area contributed by atoms with Crippen molar-refractivity contribution in [3.05, 3.63) is 35.1 Å². The van der Waals surface area contributed by atoms with Crippen molar-refractivity contribution in [2.45, 2.75) is 19.3 Å². The summed E-state index contributed by atoms with van der Waals surface area (Å²) in [6.07, 6.45) is 0.837. The Hall–Kier alpha value is -2.15. The molecule has 0 saturated carbocycles. The van der Waals surface area contributed by atoms with Gasteiger partial charge in [0, 0.05) is 12.0 Å². The SMILES string of the molecule is O=CCC#Cc1ccc(CCC(=O)O)c(F)c1. The van der Waals surface area contributed by atoms with Gasteiger partial charge in [-0.15, -0.1) is 0 Å². The summed E-state index contributed by atoms with van der Waals surface area (Å²) in [6, 6.07) is 4.37. The summed E-state index contributed by atoms with van der Waals surface area (Å²) in [6.45, 7) is 0. The van der Waals surface area contributed by atoms with Crippen molar-refractivity contribution < 1.29 is 19.1 Å². The Morgan fingerprint density at radius 2 is 2.24 bits per heavy atom. The molecule has 0 aromatic heterocycles. The van der Waals surface area contributed by atoms with Gasteiger partial charge >= 0.3 is 5.97 Å². The Morgan fingerprint density at radius 1 is 1.47 bits per heavy atom. The number of carboxylic acids is 1. The van der Waals surface area contributed by atoms with Gasteiger partial charge in [0.2, 0.25) is 0 Å². The first-order valence-corrected chi connectivity index (χ1v) is 5.06. The number of halogens is 1. The molecule has 0 atom stereocenters. The Balaban J connectivity index is 2.76. The van der Waals surface area contributed by atoms with Gasteiger partial charge in [-0.2, -0.15) is 0 Å². The van der Waals surface area contributed by atoms with Crippen LogP contribution in [0.25, 0.3) is 0 Å². The van der Waals surface area contributed by atoms with E-state index in [-0.39, 0.29) is 19.3 Å². The Morgan fingerprint density at radius 3 is 2.82 bits per heavy atom. The summed E-state index contributed by atoms with van der Waals surface area (Å²) in [5, 5.41) is 8.49. The van der Waals surface area contributed by atoms with Crippen LogP contribution in [0.2, 0.25) is 0 Å². The summed E-state index contributed by atoms with van der Waals surface area (Å²) in [5.41, 5.74) is 0.830. The second kappa shape index (κ2) is 6.44. The van der Waals surface area contributed by atoms with Crippen LogP contribution in [-0.4, -0.2) is 17.4 Å². The van der Waals surface area contributed by atoms with Gasteiger partial charge in [-0.3, -0.25) is 4.79 Å². The standard InChI is InChI=1S/C13H11FO3/c14-12-9-10(3-1-2-8-15)4-5-11(12)6-7-13(16)17/h4-5,8-9H,2,6-7H2,(H,16,17). The van der Waals surface area contributed by atoms with E-state index in [1.54, 1.807) is 6.07 Å². The van der Waals surface area contributed by atoms with E-state index in [2.05, 4.69) is 11.8 Å². The smallest absolute Gasteiger partial charge is 0.303 e. The Labute approximate surface area is 98.3 Å². The van der Waals surface area contributed by atoms with E-state index in [0.717, 1.165) is 0 Å². The summed E-state index contributed by atoms with van der Waals surface area (Å²) >= 11 is 0. The molecule has 0 fully saturated rings. The number of aryl methyl sites for hydroxylation is 1. The molecule has 0 heterocycles. The zero-order chi connectivity index (χ0) is 12.7. The minimum Gasteiger partial charge on any atom is -0.481 e. The van der Waals surface area contributed by atoms with E-state index in [0.29, 0.717) is 17.4 Å². The van der Waals surface area contributed by atoms with Crippen LogP contribution in [-0.2, 0) is 16.0 Å². The first kappa shape index (κ1) is 12.9. The molecule has 1 aromatic rings. The van der Waals surface area contributed by atoms with Crippen molar-refractivity contribution in [2.24, 2.45) is 0 Å². The molecule has 88 valence electrons. The van der Waals surface area contributed by atoms with Crippen LogP contribution < -0.4 is 0 Å². The molecule has 0 saturated heterocycles. The largest absolute Gasteiger partial charge is 0.481 e. The number of hydrogen-bond acceptors (Lipinski definition) is 2.